The van der Waals surface area contributed by atoms with Gasteiger partial charge >= 0.3 is 11.9 Å². The number of imide groups is 1. The number of hydrogen-bond donors (Lipinski definition) is 6. The SMILES string of the molecule is CCCCCCCCCCCCCCCC(=O)OCC(CSCC(N)C(=O)NCCCNCCCCNCCCNC(=O)C1CCC(CN2C(=O)CC(SCC(=O)NC)C2=O)CC1)OC(=O)CCCCCCCCCCCCCCC. The molecule has 1 heterocycles. The van der Waals surface area contributed by atoms with E-state index in [-0.39, 0.29) is 72.1 Å². The molecule has 1 saturated heterocycles. The maximum absolute atomic E-state index is 12.9. The van der Waals surface area contributed by atoms with Crippen LogP contribution in [0.1, 0.15) is 251 Å². The maximum atomic E-state index is 12.9. The highest BCUT2D eigenvalue weighted by atomic mass is 32.2. The van der Waals surface area contributed by atoms with Gasteiger partial charge in [0.2, 0.25) is 29.5 Å². The molecular formula is C63H117N7O9S2. The number of unbranched alkanes of at least 4 members (excludes halogenated alkanes) is 25. The summed E-state index contributed by atoms with van der Waals surface area (Å²) in [6.07, 6.45) is 39.3. The summed E-state index contributed by atoms with van der Waals surface area (Å²) in [5, 5.41) is 15.0. The van der Waals surface area contributed by atoms with Gasteiger partial charge in [0.25, 0.3) is 0 Å². The number of amides is 5. The van der Waals surface area contributed by atoms with Crippen LogP contribution in [0.3, 0.4) is 0 Å². The van der Waals surface area contributed by atoms with Crippen molar-refractivity contribution in [3.8, 4) is 0 Å². The number of nitrogens with one attached hydrogen (secondary N) is 5. The van der Waals surface area contributed by atoms with E-state index in [1.807, 2.05) is 0 Å². The van der Waals surface area contributed by atoms with Gasteiger partial charge in [0, 0.05) is 63.4 Å². The Morgan fingerprint density at radius 3 is 1.56 bits per heavy atom. The van der Waals surface area contributed by atoms with E-state index in [4.69, 9.17) is 15.2 Å². The molecule has 3 unspecified atom stereocenters. The average molecular weight is 1180 g/mol. The summed E-state index contributed by atoms with van der Waals surface area (Å²) in [6, 6.07) is -0.713. The fourth-order valence-corrected chi connectivity index (χ4v) is 12.6. The molecule has 0 aromatic carbocycles. The molecule has 0 aromatic heterocycles. The first-order valence-corrected chi connectivity index (χ1v) is 35.0. The van der Waals surface area contributed by atoms with Gasteiger partial charge in [-0.15, -0.1) is 11.8 Å². The molecule has 3 atom stereocenters. The first-order valence-electron chi connectivity index (χ1n) is 32.8. The third-order valence-electron chi connectivity index (χ3n) is 15.8. The predicted octanol–water partition coefficient (Wildman–Crippen LogP) is 10.8. The monoisotopic (exact) mass is 1180 g/mol. The summed E-state index contributed by atoms with van der Waals surface area (Å²) < 4.78 is 11.5. The van der Waals surface area contributed by atoms with Crippen molar-refractivity contribution < 1.29 is 43.0 Å². The van der Waals surface area contributed by atoms with Crippen molar-refractivity contribution >= 4 is 65.0 Å². The number of nitrogens with zero attached hydrogens (tertiary/aromatic N) is 1. The van der Waals surface area contributed by atoms with Gasteiger partial charge in [0.05, 0.1) is 17.0 Å². The number of thioether (sulfide) groups is 2. The van der Waals surface area contributed by atoms with Gasteiger partial charge in [-0.1, -0.05) is 168 Å². The van der Waals surface area contributed by atoms with Gasteiger partial charge in [-0.05, 0) is 96.3 Å². The normalized spacial score (nSPS) is 17.0. The quantitative estimate of drug-likeness (QED) is 0.0189. The zero-order valence-corrected chi connectivity index (χ0v) is 53.0. The van der Waals surface area contributed by atoms with Gasteiger partial charge < -0.3 is 41.8 Å². The first kappa shape index (κ1) is 74.2. The Kier molecular flexibility index (Phi) is 47.1. The topological polar surface area (TPSA) is 227 Å². The van der Waals surface area contributed by atoms with Gasteiger partial charge in [-0.2, -0.15) is 11.8 Å². The Morgan fingerprint density at radius 1 is 0.580 bits per heavy atom. The second-order valence-corrected chi connectivity index (χ2v) is 25.4. The zero-order chi connectivity index (χ0) is 58.8. The number of carbonyl (C=O) groups is 7. The fraction of sp³-hybridized carbons (Fsp3) is 0.889. The minimum absolute atomic E-state index is 0.00919. The van der Waals surface area contributed by atoms with Crippen molar-refractivity contribution in [2.45, 2.75) is 269 Å². The molecular weight excluding hydrogens is 1060 g/mol. The van der Waals surface area contributed by atoms with Crippen molar-refractivity contribution in [1.29, 1.82) is 0 Å². The highest BCUT2D eigenvalue weighted by molar-refractivity contribution is 8.01. The van der Waals surface area contributed by atoms with Crippen molar-refractivity contribution in [1.82, 2.24) is 31.5 Å². The van der Waals surface area contributed by atoms with Crippen LogP contribution in [0.5, 0.6) is 0 Å². The van der Waals surface area contributed by atoms with Crippen molar-refractivity contribution in [3.05, 3.63) is 0 Å². The van der Waals surface area contributed by atoms with E-state index in [1.54, 1.807) is 7.05 Å². The molecule has 5 amide bonds. The minimum Gasteiger partial charge on any atom is -0.462 e. The lowest BCUT2D eigenvalue weighted by molar-refractivity contribution is -0.157. The van der Waals surface area contributed by atoms with Crippen LogP contribution in [0.25, 0.3) is 0 Å². The van der Waals surface area contributed by atoms with Crippen molar-refractivity contribution in [2.75, 3.05) is 76.7 Å². The Labute approximate surface area is 500 Å². The van der Waals surface area contributed by atoms with Crippen LogP contribution in [0.4, 0.5) is 0 Å². The highest BCUT2D eigenvalue weighted by Crippen LogP contribution is 2.32. The summed E-state index contributed by atoms with van der Waals surface area (Å²) in [7, 11) is 1.55. The third-order valence-corrected chi connectivity index (χ3v) is 18.2. The van der Waals surface area contributed by atoms with Crippen LogP contribution in [0.15, 0.2) is 0 Å². The summed E-state index contributed by atoms with van der Waals surface area (Å²) in [4.78, 5) is 89.7. The molecule has 1 aliphatic heterocycles. The second kappa shape index (κ2) is 51.5. The lowest BCUT2D eigenvalue weighted by atomic mass is 9.81. The van der Waals surface area contributed by atoms with E-state index in [9.17, 15) is 33.6 Å². The Balaban J connectivity index is 1.53. The number of nitrogens with two attached hydrogens (primary N) is 1. The van der Waals surface area contributed by atoms with Crippen molar-refractivity contribution in [2.24, 2.45) is 17.6 Å². The summed E-state index contributed by atoms with van der Waals surface area (Å²) >= 11 is 2.66. The van der Waals surface area contributed by atoms with E-state index >= 15 is 0 Å². The molecule has 0 radical (unpaired) electrons. The van der Waals surface area contributed by atoms with Crippen LogP contribution in [0, 0.1) is 11.8 Å². The Morgan fingerprint density at radius 2 is 1.05 bits per heavy atom. The third kappa shape index (κ3) is 40.1. The van der Waals surface area contributed by atoms with Crippen LogP contribution in [0.2, 0.25) is 0 Å². The van der Waals surface area contributed by atoms with E-state index < -0.39 is 17.4 Å². The molecule has 0 aromatic rings. The van der Waals surface area contributed by atoms with E-state index in [1.165, 1.54) is 157 Å². The Hall–Kier alpha value is -2.93. The van der Waals surface area contributed by atoms with Gasteiger partial charge in [-0.3, -0.25) is 38.5 Å². The van der Waals surface area contributed by atoms with Crippen LogP contribution in [-0.2, 0) is 43.0 Å². The average Bonchev–Trinajstić information content (AvgIpc) is 3.82. The Bertz CT molecular complexity index is 1660. The molecule has 2 aliphatic rings. The smallest absolute Gasteiger partial charge is 0.306 e. The summed E-state index contributed by atoms with van der Waals surface area (Å²) in [5.41, 5.74) is 6.28. The molecule has 16 nitrogen and oxygen atoms in total. The molecule has 18 heteroatoms. The number of carbonyl (C=O) groups excluding carboxylic acids is 7. The summed E-state index contributed by atoms with van der Waals surface area (Å²) in [6.45, 7) is 9.44. The van der Waals surface area contributed by atoms with Crippen molar-refractivity contribution in [3.63, 3.8) is 0 Å². The molecule has 0 bridgehead atoms. The number of esters is 2. The number of rotatable bonds is 55. The highest BCUT2D eigenvalue weighted by Gasteiger charge is 2.40. The lowest BCUT2D eigenvalue weighted by Crippen LogP contribution is -2.43. The maximum Gasteiger partial charge on any atom is 0.306 e. The largest absolute Gasteiger partial charge is 0.462 e. The van der Waals surface area contributed by atoms with E-state index in [0.29, 0.717) is 44.0 Å². The molecule has 470 valence electrons. The van der Waals surface area contributed by atoms with Gasteiger partial charge in [-0.25, -0.2) is 0 Å². The first-order chi connectivity index (χ1) is 39.5. The predicted molar refractivity (Wildman–Crippen MR) is 334 cm³/mol. The molecule has 1 aliphatic carbocycles. The second-order valence-electron chi connectivity index (χ2n) is 23.2. The molecule has 2 rings (SSSR count). The summed E-state index contributed by atoms with van der Waals surface area (Å²) in [5.74, 6) is -0.130. The van der Waals surface area contributed by atoms with Crippen LogP contribution < -0.4 is 32.3 Å². The van der Waals surface area contributed by atoms with Crippen LogP contribution in [-0.4, -0.2) is 140 Å². The van der Waals surface area contributed by atoms with Gasteiger partial charge in [0.15, 0.2) is 0 Å². The minimum atomic E-state index is -0.713. The number of ether oxygens (including phenoxy) is 2. The molecule has 1 saturated carbocycles. The zero-order valence-electron chi connectivity index (χ0n) is 51.3. The standard InChI is InChI=1S/C63H117N7O9S2/c1-4-6-8-10-12-14-16-18-20-22-24-26-28-34-59(73)78-48-54(79-60(74)35-29-27-25-23-21-19-17-15-13-11-9-7-5-2)49-80-50-55(64)62(76)69-45-33-43-67-41-31-30-40-66-42-32-44-68-61(75)53-38-36-52(37-39-53)47-70-58(72)46-56(63(70)77)81-51-57(71)65-3/h52-56,66-67H,4-51,64H2,1-3H3,(H,65,71)(H,68,75)(H,69,76). The molecule has 2 fully saturated rings. The molecule has 81 heavy (non-hydrogen) atoms. The van der Waals surface area contributed by atoms with E-state index in [0.717, 1.165) is 116 Å². The van der Waals surface area contributed by atoms with Gasteiger partial charge in [0.1, 0.15) is 12.7 Å². The number of likely N-dealkylation sites (tertiary alicyclic amines) is 1. The van der Waals surface area contributed by atoms with Crippen LogP contribution >= 0.6 is 23.5 Å². The molecule has 7 N–H and O–H groups in total. The fourth-order valence-electron chi connectivity index (χ4n) is 10.6. The molecule has 0 spiro atoms. The van der Waals surface area contributed by atoms with E-state index in [2.05, 4.69) is 40.4 Å². The number of hydrogen-bond acceptors (Lipinski definition) is 14. The lowest BCUT2D eigenvalue weighted by Gasteiger charge is -2.30.